The lowest BCUT2D eigenvalue weighted by Gasteiger charge is -2.31. The molecule has 1 unspecified atom stereocenters. The van der Waals surface area contributed by atoms with Crippen molar-refractivity contribution in [3.05, 3.63) is 33.6 Å². The monoisotopic (exact) mass is 284 g/mol. The molecular formula is C12H13FN2O5. The molecule has 1 fully saturated rings. The Labute approximate surface area is 113 Å². The molecule has 0 spiro atoms. The Hall–Kier alpha value is -2.22. The fraction of sp³-hybridized carbons (Fsp3) is 0.417. The van der Waals surface area contributed by atoms with Crippen molar-refractivity contribution in [3.63, 3.8) is 0 Å². The maximum Gasteiger partial charge on any atom is 0.338 e. The number of aliphatic hydroxyl groups is 1. The normalized spacial score (nSPS) is 18.9. The van der Waals surface area contributed by atoms with Crippen LogP contribution in [0.2, 0.25) is 0 Å². The van der Waals surface area contributed by atoms with Crippen LogP contribution in [0.1, 0.15) is 23.2 Å². The van der Waals surface area contributed by atoms with E-state index in [9.17, 15) is 24.4 Å². The first-order valence-corrected chi connectivity index (χ1v) is 6.04. The molecule has 7 nitrogen and oxygen atoms in total. The maximum atomic E-state index is 13.7. The summed E-state index contributed by atoms with van der Waals surface area (Å²) in [7, 11) is 0. The van der Waals surface area contributed by atoms with Crippen LogP contribution in [0.3, 0.4) is 0 Å². The van der Waals surface area contributed by atoms with Crippen molar-refractivity contribution in [2.24, 2.45) is 0 Å². The first-order chi connectivity index (χ1) is 9.40. The van der Waals surface area contributed by atoms with Gasteiger partial charge in [-0.05, 0) is 12.8 Å². The third-order valence-electron chi connectivity index (χ3n) is 3.23. The summed E-state index contributed by atoms with van der Waals surface area (Å²) >= 11 is 0. The second-order valence-electron chi connectivity index (χ2n) is 4.63. The van der Waals surface area contributed by atoms with Gasteiger partial charge in [-0.2, -0.15) is 0 Å². The Bertz CT molecular complexity index is 563. The van der Waals surface area contributed by atoms with E-state index in [2.05, 4.69) is 0 Å². The van der Waals surface area contributed by atoms with E-state index in [4.69, 9.17) is 5.11 Å². The first kappa shape index (κ1) is 14.2. The molecule has 0 saturated carbocycles. The lowest BCUT2D eigenvalue weighted by atomic mass is 10.1. The lowest BCUT2D eigenvalue weighted by Crippen LogP contribution is -2.38. The Morgan fingerprint density at radius 3 is 2.75 bits per heavy atom. The maximum absolute atomic E-state index is 13.7. The van der Waals surface area contributed by atoms with Crippen LogP contribution >= 0.6 is 0 Å². The largest absolute Gasteiger partial charge is 0.478 e. The molecule has 0 aromatic heterocycles. The van der Waals surface area contributed by atoms with E-state index in [1.54, 1.807) is 0 Å². The van der Waals surface area contributed by atoms with Gasteiger partial charge in [-0.3, -0.25) is 10.1 Å². The number of nitro groups is 1. The van der Waals surface area contributed by atoms with Gasteiger partial charge in [0.25, 0.3) is 5.69 Å². The number of carbonyl (C=O) groups is 1. The highest BCUT2D eigenvalue weighted by atomic mass is 19.1. The summed E-state index contributed by atoms with van der Waals surface area (Å²) in [5.74, 6) is -2.59. The van der Waals surface area contributed by atoms with Crippen molar-refractivity contribution in [2.45, 2.75) is 18.9 Å². The highest BCUT2D eigenvalue weighted by molar-refractivity contribution is 5.90. The summed E-state index contributed by atoms with van der Waals surface area (Å²) < 4.78 is 13.7. The average Bonchev–Trinajstić information content (AvgIpc) is 2.37. The second kappa shape index (κ2) is 5.41. The van der Waals surface area contributed by atoms with Crippen molar-refractivity contribution >= 4 is 17.3 Å². The fourth-order valence-electron chi connectivity index (χ4n) is 2.29. The number of carboxylic acids is 1. The molecule has 0 radical (unpaired) electrons. The minimum atomic E-state index is -1.56. The zero-order valence-corrected chi connectivity index (χ0v) is 10.5. The van der Waals surface area contributed by atoms with Gasteiger partial charge in [-0.25, -0.2) is 9.18 Å². The van der Waals surface area contributed by atoms with E-state index >= 15 is 0 Å². The number of hydrogen-bond acceptors (Lipinski definition) is 5. The van der Waals surface area contributed by atoms with Crippen molar-refractivity contribution < 1.29 is 24.3 Å². The van der Waals surface area contributed by atoms with Crippen LogP contribution in [0.25, 0.3) is 0 Å². The van der Waals surface area contributed by atoms with E-state index in [-0.39, 0.29) is 12.2 Å². The third-order valence-corrected chi connectivity index (χ3v) is 3.23. The summed E-state index contributed by atoms with van der Waals surface area (Å²) in [4.78, 5) is 22.6. The smallest absolute Gasteiger partial charge is 0.338 e. The van der Waals surface area contributed by atoms with E-state index in [0.29, 0.717) is 25.5 Å². The van der Waals surface area contributed by atoms with Gasteiger partial charge in [0.05, 0.1) is 11.0 Å². The molecule has 2 rings (SSSR count). The molecule has 1 aromatic rings. The summed E-state index contributed by atoms with van der Waals surface area (Å²) in [5.41, 5.74) is -1.22. The number of anilines is 1. The molecule has 1 aliphatic heterocycles. The Morgan fingerprint density at radius 2 is 2.20 bits per heavy atom. The molecule has 1 aliphatic rings. The summed E-state index contributed by atoms with van der Waals surface area (Å²) in [5, 5.41) is 29.4. The molecule has 1 heterocycles. The fourth-order valence-corrected chi connectivity index (χ4v) is 2.29. The van der Waals surface area contributed by atoms with Crippen molar-refractivity contribution in [1.82, 2.24) is 0 Å². The molecule has 1 atom stereocenters. The Kier molecular flexibility index (Phi) is 3.84. The molecule has 0 aliphatic carbocycles. The number of rotatable bonds is 3. The van der Waals surface area contributed by atoms with E-state index in [1.165, 1.54) is 4.90 Å². The first-order valence-electron chi connectivity index (χ1n) is 6.04. The molecule has 0 amide bonds. The van der Waals surface area contributed by atoms with Gasteiger partial charge in [0, 0.05) is 25.2 Å². The van der Waals surface area contributed by atoms with Crippen LogP contribution in [0, 0.1) is 15.9 Å². The minimum Gasteiger partial charge on any atom is -0.478 e. The van der Waals surface area contributed by atoms with Crippen LogP contribution in [0.15, 0.2) is 12.1 Å². The predicted molar refractivity (Wildman–Crippen MR) is 67.5 cm³/mol. The SMILES string of the molecule is O=C(O)c1cc([N+](=O)[O-])c(N2CCCC(O)C2)cc1F. The van der Waals surface area contributed by atoms with Crippen LogP contribution in [-0.4, -0.2) is 40.3 Å². The zero-order chi connectivity index (χ0) is 14.9. The molecule has 1 saturated heterocycles. The molecule has 8 heteroatoms. The predicted octanol–water partition coefficient (Wildman–Crippen LogP) is 1.39. The number of nitro benzene ring substituents is 1. The Balaban J connectivity index is 2.48. The van der Waals surface area contributed by atoms with Crippen molar-refractivity contribution in [3.8, 4) is 0 Å². The van der Waals surface area contributed by atoms with Crippen molar-refractivity contribution in [2.75, 3.05) is 18.0 Å². The quantitative estimate of drug-likeness (QED) is 0.642. The van der Waals surface area contributed by atoms with Crippen LogP contribution in [0.5, 0.6) is 0 Å². The minimum absolute atomic E-state index is 0.00347. The van der Waals surface area contributed by atoms with Gasteiger partial charge in [-0.1, -0.05) is 0 Å². The number of nitrogens with zero attached hydrogens (tertiary/aromatic N) is 2. The molecule has 108 valence electrons. The highest BCUT2D eigenvalue weighted by Crippen LogP contribution is 2.33. The van der Waals surface area contributed by atoms with Crippen LogP contribution in [-0.2, 0) is 0 Å². The van der Waals surface area contributed by atoms with Crippen LogP contribution in [0.4, 0.5) is 15.8 Å². The third kappa shape index (κ3) is 2.69. The van der Waals surface area contributed by atoms with Gasteiger partial charge >= 0.3 is 5.97 Å². The van der Waals surface area contributed by atoms with Gasteiger partial charge in [0.1, 0.15) is 17.1 Å². The number of carboxylic acid groups (broad SMARTS) is 1. The lowest BCUT2D eigenvalue weighted by molar-refractivity contribution is -0.384. The number of β-amino-alcohol motifs (C(OH)–C–C–N with tert-alkyl or cyclic N) is 1. The highest BCUT2D eigenvalue weighted by Gasteiger charge is 2.28. The number of halogens is 1. The molecule has 1 aromatic carbocycles. The standard InChI is InChI=1S/C12H13FN2O5/c13-9-5-10(14-3-1-2-7(16)6-14)11(15(19)20)4-8(9)12(17)18/h4-5,7,16H,1-3,6H2,(H,17,18). The van der Waals surface area contributed by atoms with E-state index in [1.807, 2.05) is 0 Å². The zero-order valence-electron chi connectivity index (χ0n) is 10.5. The van der Waals surface area contributed by atoms with E-state index < -0.39 is 34.1 Å². The molecule has 20 heavy (non-hydrogen) atoms. The number of piperidine rings is 1. The number of aromatic carboxylic acids is 1. The molecule has 2 N–H and O–H groups in total. The molecule has 0 bridgehead atoms. The summed E-state index contributed by atoms with van der Waals surface area (Å²) in [6, 6.07) is 1.56. The van der Waals surface area contributed by atoms with E-state index in [0.717, 1.165) is 6.07 Å². The second-order valence-corrected chi connectivity index (χ2v) is 4.63. The van der Waals surface area contributed by atoms with Crippen molar-refractivity contribution in [1.29, 1.82) is 0 Å². The Morgan fingerprint density at radius 1 is 1.50 bits per heavy atom. The van der Waals surface area contributed by atoms with Gasteiger partial charge in [-0.15, -0.1) is 0 Å². The summed E-state index contributed by atoms with van der Waals surface area (Å²) in [6.45, 7) is 0.608. The van der Waals surface area contributed by atoms with Crippen LogP contribution < -0.4 is 4.90 Å². The number of hydrogen-bond donors (Lipinski definition) is 2. The summed E-state index contributed by atoms with van der Waals surface area (Å²) in [6.07, 6.45) is 0.575. The van der Waals surface area contributed by atoms with Gasteiger partial charge < -0.3 is 15.1 Å². The topological polar surface area (TPSA) is 104 Å². The number of aliphatic hydroxyl groups excluding tert-OH is 1. The molecular weight excluding hydrogens is 271 g/mol. The van der Waals surface area contributed by atoms with Gasteiger partial charge in [0.2, 0.25) is 0 Å². The number of benzene rings is 1. The van der Waals surface area contributed by atoms with Gasteiger partial charge in [0.15, 0.2) is 0 Å². The average molecular weight is 284 g/mol.